The van der Waals surface area contributed by atoms with Crippen LogP contribution in [0.3, 0.4) is 0 Å². The van der Waals surface area contributed by atoms with Gasteiger partial charge in [0, 0.05) is 48.7 Å². The van der Waals surface area contributed by atoms with E-state index in [1.807, 2.05) is 44.2 Å². The summed E-state index contributed by atoms with van der Waals surface area (Å²) in [7, 11) is 3.10. The second kappa shape index (κ2) is 12.4. The van der Waals surface area contributed by atoms with Gasteiger partial charge in [-0.15, -0.1) is 0 Å². The van der Waals surface area contributed by atoms with Gasteiger partial charge in [-0.25, -0.2) is 0 Å². The van der Waals surface area contributed by atoms with E-state index in [1.54, 1.807) is 43.5 Å². The number of benzene rings is 2. The van der Waals surface area contributed by atoms with Gasteiger partial charge in [0.15, 0.2) is 11.5 Å². The lowest BCUT2D eigenvalue weighted by molar-refractivity contribution is -0.123. The zero-order chi connectivity index (χ0) is 27.9. The molecule has 39 heavy (non-hydrogen) atoms. The Bertz CT molecular complexity index is 1340. The molecule has 2 heterocycles. The number of rotatable bonds is 5. The Kier molecular flexibility index (Phi) is 8.81. The molecule has 1 aliphatic heterocycles. The highest BCUT2D eigenvalue weighted by Gasteiger charge is 2.25. The van der Waals surface area contributed by atoms with Crippen molar-refractivity contribution in [2.75, 3.05) is 27.3 Å². The second-order valence-electron chi connectivity index (χ2n) is 9.88. The van der Waals surface area contributed by atoms with Crippen LogP contribution in [0.25, 0.3) is 11.1 Å². The molecule has 1 aromatic heterocycles. The maximum absolute atomic E-state index is 13.5. The number of pyridine rings is 1. The zero-order valence-electron chi connectivity index (χ0n) is 22.7. The van der Waals surface area contributed by atoms with E-state index in [-0.39, 0.29) is 37.4 Å². The van der Waals surface area contributed by atoms with Crippen molar-refractivity contribution < 1.29 is 23.9 Å². The molecule has 1 atom stereocenters. The largest absolute Gasteiger partial charge is 0.493 e. The van der Waals surface area contributed by atoms with Gasteiger partial charge in [-0.1, -0.05) is 32.0 Å². The number of carbonyl (C=O) groups excluding carboxylic acids is 3. The molecule has 0 radical (unpaired) electrons. The highest BCUT2D eigenvalue weighted by Crippen LogP contribution is 2.39. The van der Waals surface area contributed by atoms with Crippen molar-refractivity contribution in [3.63, 3.8) is 0 Å². The van der Waals surface area contributed by atoms with Crippen molar-refractivity contribution in [2.24, 2.45) is 5.92 Å². The molecule has 0 unspecified atom stereocenters. The summed E-state index contributed by atoms with van der Waals surface area (Å²) < 4.78 is 11.3. The molecule has 4 rings (SSSR count). The van der Waals surface area contributed by atoms with Crippen molar-refractivity contribution in [1.82, 2.24) is 20.5 Å². The average molecular weight is 531 g/mol. The maximum Gasteiger partial charge on any atom is 0.254 e. The second-order valence-corrected chi connectivity index (χ2v) is 9.88. The Morgan fingerprint density at radius 2 is 1.79 bits per heavy atom. The Morgan fingerprint density at radius 1 is 1.05 bits per heavy atom. The summed E-state index contributed by atoms with van der Waals surface area (Å²) in [6.07, 6.45) is 3.57. The highest BCUT2D eigenvalue weighted by atomic mass is 16.5. The molecule has 4 bridgehead atoms. The maximum atomic E-state index is 13.5. The van der Waals surface area contributed by atoms with Crippen LogP contribution in [0, 0.1) is 5.92 Å². The Balaban J connectivity index is 1.83. The molecule has 0 aliphatic carbocycles. The molecule has 9 nitrogen and oxygen atoms in total. The van der Waals surface area contributed by atoms with E-state index in [1.165, 1.54) is 6.20 Å². The number of hydrogen-bond acceptors (Lipinski definition) is 6. The van der Waals surface area contributed by atoms with Crippen LogP contribution < -0.4 is 20.1 Å². The molecule has 0 saturated heterocycles. The molecule has 2 aromatic carbocycles. The van der Waals surface area contributed by atoms with Gasteiger partial charge in [-0.3, -0.25) is 19.4 Å². The van der Waals surface area contributed by atoms with Gasteiger partial charge in [0.1, 0.15) is 6.04 Å². The fraction of sp³-hybridized carbons (Fsp3) is 0.333. The first-order valence-electron chi connectivity index (χ1n) is 12.9. The fourth-order valence-electron chi connectivity index (χ4n) is 4.66. The molecule has 0 saturated carbocycles. The number of nitrogens with zero attached hydrogens (tertiary/aromatic N) is 2. The van der Waals surface area contributed by atoms with Gasteiger partial charge in [0.05, 0.1) is 19.8 Å². The monoisotopic (exact) mass is 530 g/mol. The lowest BCUT2D eigenvalue weighted by atomic mass is 10.00. The SMILES string of the molecule is COc1cc2cc(c1OC)-c1cncc(c1)C(=O)N[C@H](CC(C)C)C(=O)NCCN(C(=O)c1ccccc1)C2. The number of amides is 3. The first-order chi connectivity index (χ1) is 18.8. The van der Waals surface area contributed by atoms with Crippen molar-refractivity contribution in [2.45, 2.75) is 32.9 Å². The topological polar surface area (TPSA) is 110 Å². The number of methoxy groups -OCH3 is 2. The molecule has 9 heteroatoms. The predicted octanol–water partition coefficient (Wildman–Crippen LogP) is 3.68. The predicted molar refractivity (Wildman–Crippen MR) is 148 cm³/mol. The molecule has 2 N–H and O–H groups in total. The third-order valence-corrected chi connectivity index (χ3v) is 6.54. The van der Waals surface area contributed by atoms with E-state index < -0.39 is 11.9 Å². The third-order valence-electron chi connectivity index (χ3n) is 6.54. The Hall–Kier alpha value is -4.40. The van der Waals surface area contributed by atoms with Gasteiger partial charge in [-0.05, 0) is 48.2 Å². The number of ether oxygens (including phenoxy) is 2. The Labute approximate surface area is 228 Å². The van der Waals surface area contributed by atoms with Crippen LogP contribution >= 0.6 is 0 Å². The smallest absolute Gasteiger partial charge is 0.254 e. The molecule has 3 aromatic rings. The highest BCUT2D eigenvalue weighted by molar-refractivity contribution is 5.98. The van der Waals surface area contributed by atoms with Crippen molar-refractivity contribution in [1.29, 1.82) is 0 Å². The standard InChI is InChI=1S/C30H34N4O5/c1-19(2)12-25-29(36)32-10-11-34(30(37)21-8-6-5-7-9-21)18-20-13-24(27(39-4)26(14-20)38-3)22-15-23(17-31-16-22)28(35)33-25/h5-9,13-17,19,25H,10-12,18H2,1-4H3,(H,32,36)(H,33,35)/t25-/m1/s1. The van der Waals surface area contributed by atoms with Gasteiger partial charge in [0.2, 0.25) is 5.91 Å². The number of fused-ring (bicyclic) bond motifs is 5. The minimum absolute atomic E-state index is 0.166. The fourth-order valence-corrected chi connectivity index (χ4v) is 4.66. The van der Waals surface area contributed by atoms with E-state index >= 15 is 0 Å². The van der Waals surface area contributed by atoms with Crippen LogP contribution in [0.4, 0.5) is 0 Å². The van der Waals surface area contributed by atoms with Crippen molar-refractivity contribution in [3.8, 4) is 22.6 Å². The molecular weight excluding hydrogens is 496 g/mol. The average Bonchev–Trinajstić information content (AvgIpc) is 2.95. The lowest BCUT2D eigenvalue weighted by Gasteiger charge is -2.25. The summed E-state index contributed by atoms with van der Waals surface area (Å²) >= 11 is 0. The van der Waals surface area contributed by atoms with Crippen LogP contribution in [-0.4, -0.2) is 61.0 Å². The van der Waals surface area contributed by atoms with E-state index in [9.17, 15) is 14.4 Å². The lowest BCUT2D eigenvalue weighted by Crippen LogP contribution is -2.49. The molecule has 0 fully saturated rings. The van der Waals surface area contributed by atoms with Crippen LogP contribution in [-0.2, 0) is 11.3 Å². The first kappa shape index (κ1) is 27.6. The summed E-state index contributed by atoms with van der Waals surface area (Å²) in [6.45, 7) is 4.72. The quantitative estimate of drug-likeness (QED) is 0.521. The number of nitrogens with one attached hydrogen (secondary N) is 2. The van der Waals surface area contributed by atoms with E-state index in [2.05, 4.69) is 15.6 Å². The normalized spacial score (nSPS) is 16.0. The third kappa shape index (κ3) is 6.54. The molecule has 0 spiro atoms. The number of aromatic nitrogens is 1. The van der Waals surface area contributed by atoms with E-state index in [0.29, 0.717) is 40.2 Å². The van der Waals surface area contributed by atoms with Crippen molar-refractivity contribution >= 4 is 17.7 Å². The Morgan fingerprint density at radius 3 is 2.49 bits per heavy atom. The van der Waals surface area contributed by atoms with Gasteiger partial charge in [-0.2, -0.15) is 0 Å². The number of hydrogen-bond donors (Lipinski definition) is 2. The molecular formula is C30H34N4O5. The van der Waals surface area contributed by atoms with Crippen molar-refractivity contribution in [3.05, 3.63) is 77.6 Å². The molecule has 204 valence electrons. The van der Waals surface area contributed by atoms with Crippen LogP contribution in [0.5, 0.6) is 11.5 Å². The minimum atomic E-state index is -0.736. The summed E-state index contributed by atoms with van der Waals surface area (Å²) in [5.74, 6) is 0.278. The van der Waals surface area contributed by atoms with Crippen LogP contribution in [0.15, 0.2) is 60.9 Å². The summed E-state index contributed by atoms with van der Waals surface area (Å²) in [6, 6.07) is 13.7. The van der Waals surface area contributed by atoms with Gasteiger partial charge in [0.25, 0.3) is 11.8 Å². The molecule has 3 amide bonds. The van der Waals surface area contributed by atoms with Crippen LogP contribution in [0.2, 0.25) is 0 Å². The van der Waals surface area contributed by atoms with Crippen LogP contribution in [0.1, 0.15) is 46.5 Å². The summed E-state index contributed by atoms with van der Waals surface area (Å²) in [5.41, 5.74) is 2.96. The summed E-state index contributed by atoms with van der Waals surface area (Å²) in [4.78, 5) is 45.9. The molecule has 1 aliphatic rings. The van der Waals surface area contributed by atoms with Gasteiger partial charge >= 0.3 is 0 Å². The first-order valence-corrected chi connectivity index (χ1v) is 12.9. The van der Waals surface area contributed by atoms with E-state index in [4.69, 9.17) is 9.47 Å². The van der Waals surface area contributed by atoms with Gasteiger partial charge < -0.3 is 25.0 Å². The minimum Gasteiger partial charge on any atom is -0.493 e. The number of carbonyl (C=O) groups is 3. The zero-order valence-corrected chi connectivity index (χ0v) is 22.7. The summed E-state index contributed by atoms with van der Waals surface area (Å²) in [5, 5.41) is 5.78. The van der Waals surface area contributed by atoms with E-state index in [0.717, 1.165) is 5.56 Å².